The van der Waals surface area contributed by atoms with Crippen LogP contribution in [0.4, 0.5) is 17.1 Å². The minimum Gasteiger partial charge on any atom is -0.493 e. The summed E-state index contributed by atoms with van der Waals surface area (Å²) in [5.41, 5.74) is 1.58. The summed E-state index contributed by atoms with van der Waals surface area (Å²) in [6.45, 7) is 0.583. The Morgan fingerprint density at radius 1 is 1.13 bits per heavy atom. The number of benzene rings is 2. The highest BCUT2D eigenvalue weighted by molar-refractivity contribution is 6.08. The van der Waals surface area contributed by atoms with Gasteiger partial charge < -0.3 is 24.4 Å². The number of carbonyl (C=O) groups is 2. The van der Waals surface area contributed by atoms with Crippen molar-refractivity contribution in [2.24, 2.45) is 0 Å². The van der Waals surface area contributed by atoms with Crippen LogP contribution in [0.3, 0.4) is 0 Å². The minimum atomic E-state index is -0.657. The molecule has 2 aromatic carbocycles. The zero-order valence-electron chi connectivity index (χ0n) is 17.5. The summed E-state index contributed by atoms with van der Waals surface area (Å²) >= 11 is 0. The molecule has 1 aliphatic heterocycles. The molecule has 0 aromatic heterocycles. The third-order valence-corrected chi connectivity index (χ3v) is 4.97. The van der Waals surface area contributed by atoms with Crippen molar-refractivity contribution in [3.05, 3.63) is 51.6 Å². The van der Waals surface area contributed by atoms with Crippen molar-refractivity contribution in [2.75, 3.05) is 44.7 Å². The lowest BCUT2D eigenvalue weighted by molar-refractivity contribution is -0.385. The van der Waals surface area contributed by atoms with Crippen LogP contribution >= 0.6 is 0 Å². The summed E-state index contributed by atoms with van der Waals surface area (Å²) in [5, 5.41) is 14.2. The first-order valence-electron chi connectivity index (χ1n) is 9.53. The highest BCUT2D eigenvalue weighted by Gasteiger charge is 2.26. The van der Waals surface area contributed by atoms with E-state index in [9.17, 15) is 19.7 Å². The van der Waals surface area contributed by atoms with E-state index in [-0.39, 0.29) is 29.6 Å². The first-order valence-corrected chi connectivity index (χ1v) is 9.53. The molecule has 31 heavy (non-hydrogen) atoms. The van der Waals surface area contributed by atoms with Crippen LogP contribution in [0.1, 0.15) is 22.3 Å². The number of nitro groups is 1. The fraction of sp³-hybridized carbons (Fsp3) is 0.333. The van der Waals surface area contributed by atoms with Crippen molar-refractivity contribution < 1.29 is 28.7 Å². The van der Waals surface area contributed by atoms with Crippen LogP contribution in [0.5, 0.6) is 11.5 Å². The number of ether oxygens (including phenoxy) is 3. The van der Waals surface area contributed by atoms with E-state index in [2.05, 4.69) is 5.32 Å². The van der Waals surface area contributed by atoms with Gasteiger partial charge in [-0.05, 0) is 36.6 Å². The van der Waals surface area contributed by atoms with E-state index in [1.54, 1.807) is 23.1 Å². The van der Waals surface area contributed by atoms with Gasteiger partial charge in [-0.25, -0.2) is 0 Å². The van der Waals surface area contributed by atoms with Gasteiger partial charge in [0.2, 0.25) is 0 Å². The topological polar surface area (TPSA) is 120 Å². The Morgan fingerprint density at radius 3 is 2.48 bits per heavy atom. The van der Waals surface area contributed by atoms with E-state index < -0.39 is 16.5 Å². The smallest absolute Gasteiger partial charge is 0.286 e. The van der Waals surface area contributed by atoms with E-state index >= 15 is 0 Å². The first kappa shape index (κ1) is 22.0. The molecule has 0 saturated carbocycles. The minimum absolute atomic E-state index is 0.0130. The number of carbonyl (C=O) groups excluding carboxylic acids is 2. The van der Waals surface area contributed by atoms with Crippen LogP contribution in [0, 0.1) is 10.1 Å². The molecule has 0 fully saturated rings. The molecule has 2 aromatic rings. The molecule has 2 amide bonds. The van der Waals surface area contributed by atoms with Gasteiger partial charge in [0.25, 0.3) is 17.5 Å². The van der Waals surface area contributed by atoms with Gasteiger partial charge in [-0.1, -0.05) is 0 Å². The number of fused-ring (bicyclic) bond motifs is 1. The molecule has 164 valence electrons. The summed E-state index contributed by atoms with van der Waals surface area (Å²) in [6.07, 6.45) is 1.52. The van der Waals surface area contributed by atoms with Crippen LogP contribution in [-0.4, -0.2) is 51.2 Å². The quantitative estimate of drug-likeness (QED) is 0.531. The van der Waals surface area contributed by atoms with Crippen LogP contribution in [0.2, 0.25) is 0 Å². The zero-order valence-corrected chi connectivity index (χ0v) is 17.5. The Hall–Kier alpha value is -3.66. The van der Waals surface area contributed by atoms with Crippen molar-refractivity contribution in [3.8, 4) is 11.5 Å². The van der Waals surface area contributed by atoms with Gasteiger partial charge in [-0.3, -0.25) is 19.7 Å². The number of nitrogens with zero attached hydrogens (tertiary/aromatic N) is 2. The highest BCUT2D eigenvalue weighted by Crippen LogP contribution is 2.35. The normalized spacial score (nSPS) is 12.7. The molecule has 0 saturated heterocycles. The Morgan fingerprint density at radius 2 is 1.84 bits per heavy atom. The molecule has 10 heteroatoms. The number of nitrogens with one attached hydrogen (secondary N) is 1. The molecule has 10 nitrogen and oxygen atoms in total. The molecule has 1 heterocycles. The van der Waals surface area contributed by atoms with Gasteiger partial charge in [-0.2, -0.15) is 0 Å². The van der Waals surface area contributed by atoms with E-state index in [4.69, 9.17) is 14.2 Å². The van der Waals surface area contributed by atoms with Gasteiger partial charge in [-0.15, -0.1) is 0 Å². The molecule has 1 aliphatic rings. The van der Waals surface area contributed by atoms with Crippen LogP contribution in [0.25, 0.3) is 0 Å². The predicted molar refractivity (Wildman–Crippen MR) is 113 cm³/mol. The first-order chi connectivity index (χ1) is 14.9. The third kappa shape index (κ3) is 4.58. The predicted octanol–water partition coefficient (Wildman–Crippen LogP) is 2.79. The van der Waals surface area contributed by atoms with Gasteiger partial charge >= 0.3 is 0 Å². The Labute approximate surface area is 178 Å². The maximum absolute atomic E-state index is 12.8. The lowest BCUT2D eigenvalue weighted by atomic mass is 10.0. The molecule has 0 unspecified atom stereocenters. The number of hydrogen-bond acceptors (Lipinski definition) is 7. The maximum atomic E-state index is 12.8. The van der Waals surface area contributed by atoms with Gasteiger partial charge in [0.1, 0.15) is 12.2 Å². The maximum Gasteiger partial charge on any atom is 0.286 e. The summed E-state index contributed by atoms with van der Waals surface area (Å²) < 4.78 is 15.2. The van der Waals surface area contributed by atoms with Crippen molar-refractivity contribution in [1.29, 1.82) is 0 Å². The van der Waals surface area contributed by atoms with E-state index in [0.717, 1.165) is 30.2 Å². The molecule has 0 spiro atoms. The number of anilines is 2. The fourth-order valence-corrected chi connectivity index (χ4v) is 3.53. The van der Waals surface area contributed by atoms with Gasteiger partial charge in [0.05, 0.1) is 25.2 Å². The van der Waals surface area contributed by atoms with E-state index in [0.29, 0.717) is 12.2 Å². The average molecular weight is 429 g/mol. The van der Waals surface area contributed by atoms with Crippen molar-refractivity contribution in [2.45, 2.75) is 12.8 Å². The van der Waals surface area contributed by atoms with Crippen LogP contribution in [0.15, 0.2) is 30.3 Å². The number of hydrogen-bond donors (Lipinski definition) is 1. The number of aryl methyl sites for hydroxylation is 1. The summed E-state index contributed by atoms with van der Waals surface area (Å²) in [6, 6.07) is 7.60. The molecule has 3 rings (SSSR count). The standard InChI is InChI=1S/C21H23N3O7/c1-29-12-20(25)23-8-4-5-13-9-14(6-7-16(13)23)22-21(26)15-10-18(30-2)19(31-3)11-17(15)24(27)28/h6-7,9-11H,4-5,8,12H2,1-3H3,(H,22,26). The molecular weight excluding hydrogens is 406 g/mol. The second-order valence-corrected chi connectivity index (χ2v) is 6.86. The zero-order chi connectivity index (χ0) is 22.5. The lowest BCUT2D eigenvalue weighted by Gasteiger charge is -2.29. The van der Waals surface area contributed by atoms with Crippen molar-refractivity contribution >= 4 is 28.9 Å². The largest absolute Gasteiger partial charge is 0.493 e. The van der Waals surface area contributed by atoms with Crippen LogP contribution < -0.4 is 19.7 Å². The SMILES string of the molecule is COCC(=O)N1CCCc2cc(NC(=O)c3cc(OC)c(OC)cc3[N+](=O)[O-])ccc21. The summed E-state index contributed by atoms with van der Waals surface area (Å²) in [7, 11) is 4.20. The number of rotatable bonds is 7. The number of nitro benzene ring substituents is 1. The molecule has 0 radical (unpaired) electrons. The van der Waals surface area contributed by atoms with E-state index in [1.807, 2.05) is 0 Å². The average Bonchev–Trinajstić information content (AvgIpc) is 2.77. The molecule has 0 aliphatic carbocycles. The molecule has 1 N–H and O–H groups in total. The lowest BCUT2D eigenvalue weighted by Crippen LogP contribution is -2.37. The second kappa shape index (κ2) is 9.43. The Kier molecular flexibility index (Phi) is 6.71. The fourth-order valence-electron chi connectivity index (χ4n) is 3.53. The molecule has 0 bridgehead atoms. The number of amides is 2. The number of methoxy groups -OCH3 is 3. The highest BCUT2D eigenvalue weighted by atomic mass is 16.6. The van der Waals surface area contributed by atoms with E-state index in [1.165, 1.54) is 27.4 Å². The van der Waals surface area contributed by atoms with Crippen molar-refractivity contribution in [1.82, 2.24) is 0 Å². The Bertz CT molecular complexity index is 1020. The Balaban J connectivity index is 1.89. The second-order valence-electron chi connectivity index (χ2n) is 6.86. The summed E-state index contributed by atoms with van der Waals surface area (Å²) in [5.74, 6) is -0.437. The molecule has 0 atom stereocenters. The molecular formula is C21H23N3O7. The third-order valence-electron chi connectivity index (χ3n) is 4.97. The van der Waals surface area contributed by atoms with Crippen LogP contribution in [-0.2, 0) is 16.0 Å². The van der Waals surface area contributed by atoms with Gasteiger partial charge in [0.15, 0.2) is 11.5 Å². The van der Waals surface area contributed by atoms with Crippen molar-refractivity contribution in [3.63, 3.8) is 0 Å². The monoisotopic (exact) mass is 429 g/mol. The van der Waals surface area contributed by atoms with Gasteiger partial charge in [0, 0.05) is 31.1 Å². The summed E-state index contributed by atoms with van der Waals surface area (Å²) in [4.78, 5) is 37.6.